The number of amides is 1. The SMILES string of the molecule is C=CCN(Cc1ccc(C#N)cc1)C(=O)CCOc1ccc(Cl)c(Cl)c1. The summed E-state index contributed by atoms with van der Waals surface area (Å²) in [6.45, 7) is 4.82. The molecule has 2 aromatic rings. The molecule has 0 aliphatic rings. The Kier molecular flexibility index (Phi) is 7.53. The molecule has 6 heteroatoms. The molecule has 0 heterocycles. The number of carbonyl (C=O) groups is 1. The number of benzene rings is 2. The second-order valence-corrected chi connectivity index (χ2v) is 6.36. The average Bonchev–Trinajstić information content (AvgIpc) is 2.64. The van der Waals surface area contributed by atoms with Crippen molar-refractivity contribution >= 4 is 29.1 Å². The van der Waals surface area contributed by atoms with Crippen molar-refractivity contribution in [2.24, 2.45) is 0 Å². The van der Waals surface area contributed by atoms with E-state index in [-0.39, 0.29) is 18.9 Å². The minimum atomic E-state index is -0.0469. The lowest BCUT2D eigenvalue weighted by Gasteiger charge is -2.21. The highest BCUT2D eigenvalue weighted by atomic mass is 35.5. The summed E-state index contributed by atoms with van der Waals surface area (Å²) in [6, 6.07) is 14.2. The van der Waals surface area contributed by atoms with Gasteiger partial charge in [-0.05, 0) is 29.8 Å². The van der Waals surface area contributed by atoms with E-state index in [2.05, 4.69) is 12.6 Å². The summed E-state index contributed by atoms with van der Waals surface area (Å²) in [5.74, 6) is 0.517. The van der Waals surface area contributed by atoms with Crippen LogP contribution in [0.2, 0.25) is 10.0 Å². The molecule has 0 aliphatic carbocycles. The van der Waals surface area contributed by atoms with Gasteiger partial charge in [0.05, 0.1) is 34.7 Å². The first kappa shape index (κ1) is 19.8. The Labute approximate surface area is 163 Å². The van der Waals surface area contributed by atoms with Crippen LogP contribution >= 0.6 is 23.2 Å². The van der Waals surface area contributed by atoms with Gasteiger partial charge in [-0.25, -0.2) is 0 Å². The maximum Gasteiger partial charge on any atom is 0.226 e. The van der Waals surface area contributed by atoms with Gasteiger partial charge in [-0.15, -0.1) is 6.58 Å². The van der Waals surface area contributed by atoms with E-state index in [1.807, 2.05) is 12.1 Å². The van der Waals surface area contributed by atoms with Crippen LogP contribution in [0, 0.1) is 11.3 Å². The predicted octanol–water partition coefficient (Wildman–Crippen LogP) is 4.85. The molecule has 0 saturated carbocycles. The molecule has 0 bridgehead atoms. The van der Waals surface area contributed by atoms with Crippen molar-refractivity contribution < 1.29 is 9.53 Å². The lowest BCUT2D eigenvalue weighted by Crippen LogP contribution is -2.31. The molecule has 0 aromatic heterocycles. The Bertz CT molecular complexity index is 814. The molecule has 134 valence electrons. The molecule has 4 nitrogen and oxygen atoms in total. The van der Waals surface area contributed by atoms with E-state index in [0.29, 0.717) is 34.4 Å². The van der Waals surface area contributed by atoms with Gasteiger partial charge in [0.2, 0.25) is 5.91 Å². The van der Waals surface area contributed by atoms with Crippen molar-refractivity contribution in [3.05, 3.63) is 76.3 Å². The molecule has 0 atom stereocenters. The third-order valence-electron chi connectivity index (χ3n) is 3.63. The predicted molar refractivity (Wildman–Crippen MR) is 103 cm³/mol. The van der Waals surface area contributed by atoms with Gasteiger partial charge in [-0.1, -0.05) is 41.4 Å². The van der Waals surface area contributed by atoms with Crippen molar-refractivity contribution in [1.29, 1.82) is 5.26 Å². The van der Waals surface area contributed by atoms with Crippen LogP contribution < -0.4 is 4.74 Å². The third-order valence-corrected chi connectivity index (χ3v) is 4.37. The van der Waals surface area contributed by atoms with Crippen molar-refractivity contribution in [3.8, 4) is 11.8 Å². The number of ether oxygens (including phenoxy) is 1. The number of nitrogens with zero attached hydrogens (tertiary/aromatic N) is 2. The van der Waals surface area contributed by atoms with E-state index in [9.17, 15) is 4.79 Å². The smallest absolute Gasteiger partial charge is 0.226 e. The van der Waals surface area contributed by atoms with Gasteiger partial charge in [-0.2, -0.15) is 5.26 Å². The first-order valence-electron chi connectivity index (χ1n) is 7.99. The summed E-state index contributed by atoms with van der Waals surface area (Å²) < 4.78 is 5.57. The zero-order valence-corrected chi connectivity index (χ0v) is 15.6. The summed E-state index contributed by atoms with van der Waals surface area (Å²) in [5.41, 5.74) is 1.54. The summed E-state index contributed by atoms with van der Waals surface area (Å²) in [7, 11) is 0. The monoisotopic (exact) mass is 388 g/mol. The van der Waals surface area contributed by atoms with Gasteiger partial charge in [-0.3, -0.25) is 4.79 Å². The van der Waals surface area contributed by atoms with Crippen molar-refractivity contribution in [1.82, 2.24) is 4.90 Å². The lowest BCUT2D eigenvalue weighted by molar-refractivity contribution is -0.131. The Morgan fingerprint density at radius 1 is 1.19 bits per heavy atom. The Balaban J connectivity index is 1.91. The van der Waals surface area contributed by atoms with E-state index < -0.39 is 0 Å². The molecule has 2 aromatic carbocycles. The van der Waals surface area contributed by atoms with Gasteiger partial charge in [0.15, 0.2) is 0 Å². The van der Waals surface area contributed by atoms with Crippen molar-refractivity contribution in [2.45, 2.75) is 13.0 Å². The minimum absolute atomic E-state index is 0.0469. The Morgan fingerprint density at radius 3 is 2.54 bits per heavy atom. The van der Waals surface area contributed by atoms with Gasteiger partial charge in [0, 0.05) is 19.2 Å². The largest absolute Gasteiger partial charge is 0.493 e. The Hall–Kier alpha value is -2.48. The highest BCUT2D eigenvalue weighted by Crippen LogP contribution is 2.26. The fraction of sp³-hybridized carbons (Fsp3) is 0.200. The summed E-state index contributed by atoms with van der Waals surface area (Å²) in [4.78, 5) is 14.2. The molecular formula is C20H18Cl2N2O2. The van der Waals surface area contributed by atoms with E-state index in [4.69, 9.17) is 33.2 Å². The molecule has 0 aliphatic heterocycles. The first-order chi connectivity index (χ1) is 12.5. The molecule has 0 radical (unpaired) electrons. The minimum Gasteiger partial charge on any atom is -0.493 e. The van der Waals surface area contributed by atoms with E-state index >= 15 is 0 Å². The highest BCUT2D eigenvalue weighted by Gasteiger charge is 2.13. The van der Waals surface area contributed by atoms with Crippen LogP contribution in [-0.4, -0.2) is 24.0 Å². The fourth-order valence-electron chi connectivity index (χ4n) is 2.30. The van der Waals surface area contributed by atoms with Gasteiger partial charge < -0.3 is 9.64 Å². The molecule has 0 saturated heterocycles. The van der Waals surface area contributed by atoms with Gasteiger partial charge in [0.25, 0.3) is 0 Å². The Morgan fingerprint density at radius 2 is 1.92 bits per heavy atom. The van der Waals surface area contributed by atoms with Gasteiger partial charge in [0.1, 0.15) is 5.75 Å². The quantitative estimate of drug-likeness (QED) is 0.607. The molecule has 2 rings (SSSR count). The number of hydrogen-bond acceptors (Lipinski definition) is 3. The van der Waals surface area contributed by atoms with E-state index in [1.165, 1.54) is 0 Å². The van der Waals surface area contributed by atoms with Crippen LogP contribution in [0.5, 0.6) is 5.75 Å². The highest BCUT2D eigenvalue weighted by molar-refractivity contribution is 6.42. The molecule has 0 spiro atoms. The number of nitriles is 1. The van der Waals surface area contributed by atoms with Crippen LogP contribution in [0.4, 0.5) is 0 Å². The molecule has 0 unspecified atom stereocenters. The number of rotatable bonds is 8. The molecule has 1 amide bonds. The topological polar surface area (TPSA) is 53.3 Å². The van der Waals surface area contributed by atoms with Crippen LogP contribution in [0.1, 0.15) is 17.5 Å². The number of carbonyl (C=O) groups excluding carboxylic acids is 1. The fourth-order valence-corrected chi connectivity index (χ4v) is 2.58. The standard InChI is InChI=1S/C20H18Cl2N2O2/c1-2-10-24(14-16-5-3-15(13-23)4-6-16)20(25)9-11-26-17-7-8-18(21)19(22)12-17/h2-8,12H,1,9-11,14H2. The first-order valence-corrected chi connectivity index (χ1v) is 8.74. The van der Waals surface area contributed by atoms with Crippen molar-refractivity contribution in [3.63, 3.8) is 0 Å². The van der Waals surface area contributed by atoms with Gasteiger partial charge >= 0.3 is 0 Å². The van der Waals surface area contributed by atoms with E-state index in [0.717, 1.165) is 5.56 Å². The van der Waals surface area contributed by atoms with Crippen molar-refractivity contribution in [2.75, 3.05) is 13.2 Å². The van der Waals surface area contributed by atoms with Crippen LogP contribution in [0.25, 0.3) is 0 Å². The zero-order valence-electron chi connectivity index (χ0n) is 14.1. The summed E-state index contributed by atoms with van der Waals surface area (Å²) in [6.07, 6.45) is 1.91. The van der Waals surface area contributed by atoms with E-state index in [1.54, 1.807) is 41.3 Å². The van der Waals surface area contributed by atoms with Crippen LogP contribution in [0.15, 0.2) is 55.1 Å². The summed E-state index contributed by atoms with van der Waals surface area (Å²) >= 11 is 11.8. The summed E-state index contributed by atoms with van der Waals surface area (Å²) in [5, 5.41) is 9.71. The molecule has 26 heavy (non-hydrogen) atoms. The second-order valence-electron chi connectivity index (χ2n) is 5.55. The molecular weight excluding hydrogens is 371 g/mol. The third kappa shape index (κ3) is 5.80. The normalized spacial score (nSPS) is 10.0. The maximum atomic E-state index is 12.5. The number of hydrogen-bond donors (Lipinski definition) is 0. The number of halogens is 2. The zero-order chi connectivity index (χ0) is 18.9. The van der Waals surface area contributed by atoms with Crippen LogP contribution in [-0.2, 0) is 11.3 Å². The molecule has 0 N–H and O–H groups in total. The molecule has 0 fully saturated rings. The maximum absolute atomic E-state index is 12.5. The van der Waals surface area contributed by atoms with Crippen LogP contribution in [0.3, 0.4) is 0 Å². The second kappa shape index (κ2) is 9.86. The average molecular weight is 389 g/mol. The lowest BCUT2D eigenvalue weighted by atomic mass is 10.1.